The van der Waals surface area contributed by atoms with Crippen molar-refractivity contribution in [2.75, 3.05) is 55.9 Å². The molecule has 0 spiro atoms. The monoisotopic (exact) mass is 1680 g/mol. The molecular formula is C84H108O35. The molecular weight excluding hydrogens is 1570 g/mol. The largest absolute Gasteiger partial charge is 0.481 e. The quantitative estimate of drug-likeness (QED) is 0.0251. The number of hydrogen-bond donors (Lipinski definition) is 13. The van der Waals surface area contributed by atoms with E-state index in [0.29, 0.717) is 84.0 Å². The minimum atomic E-state index is -1.72. The number of aldehydes is 4. The molecule has 0 aromatic rings. The van der Waals surface area contributed by atoms with Crippen LogP contribution in [-0.4, -0.2) is 241 Å². The Hall–Kier alpha value is -10.7. The average molecular weight is 1680 g/mol. The van der Waals surface area contributed by atoms with E-state index in [1.165, 1.54) is 81.2 Å². The summed E-state index contributed by atoms with van der Waals surface area (Å²) in [4.78, 5) is 132. The van der Waals surface area contributed by atoms with Gasteiger partial charge in [0.25, 0.3) is 5.95 Å². The van der Waals surface area contributed by atoms with Crippen molar-refractivity contribution < 1.29 is 171 Å². The number of aliphatic carboxylic acids is 2. The first-order valence-electron chi connectivity index (χ1n) is 37.4. The lowest BCUT2D eigenvalue weighted by Gasteiger charge is -2.32. The van der Waals surface area contributed by atoms with Crippen LogP contribution in [0.4, 0.5) is 0 Å². The van der Waals surface area contributed by atoms with Crippen LogP contribution in [0, 0.1) is 17.8 Å². The van der Waals surface area contributed by atoms with Crippen LogP contribution in [-0.2, 0) is 105 Å². The van der Waals surface area contributed by atoms with Crippen LogP contribution >= 0.6 is 0 Å². The van der Waals surface area contributed by atoms with Crippen LogP contribution in [0.15, 0.2) is 174 Å². The molecule has 11 rings (SSSR count). The number of hydrogen-bond acceptors (Lipinski definition) is 33. The third kappa shape index (κ3) is 24.1. The Bertz CT molecular complexity index is 4370. The van der Waals surface area contributed by atoms with Gasteiger partial charge in [0.05, 0.1) is 112 Å². The molecule has 0 saturated heterocycles. The van der Waals surface area contributed by atoms with Gasteiger partial charge in [-0.3, -0.25) is 9.59 Å². The van der Waals surface area contributed by atoms with E-state index in [0.717, 1.165) is 103 Å². The van der Waals surface area contributed by atoms with E-state index in [-0.39, 0.29) is 83.2 Å². The Morgan fingerprint density at radius 1 is 0.588 bits per heavy atom. The third-order valence-corrected chi connectivity index (χ3v) is 21.4. The molecule has 3 saturated carbocycles. The maximum Gasteiger partial charge on any atom is 0.340 e. The molecule has 0 aromatic carbocycles. The molecule has 4 heterocycles. The lowest BCUT2D eigenvalue weighted by atomic mass is 9.84. The summed E-state index contributed by atoms with van der Waals surface area (Å²) in [5.74, 6) is -7.27. The second kappa shape index (κ2) is 44.4. The fraction of sp³-hybridized carbons (Fsp3) is 0.500. The molecule has 11 aliphatic rings. The van der Waals surface area contributed by atoms with Crippen molar-refractivity contribution in [3.8, 4) is 0 Å². The number of aliphatic hydroxyl groups excluding tert-OH is 5. The van der Waals surface area contributed by atoms with Gasteiger partial charge in [-0.2, -0.15) is 0 Å². The molecule has 3 fully saturated rings. The summed E-state index contributed by atoms with van der Waals surface area (Å²) < 4.78 is 46.9. The van der Waals surface area contributed by atoms with Crippen LogP contribution < -0.4 is 0 Å². The molecule has 7 aliphatic carbocycles. The van der Waals surface area contributed by atoms with Gasteiger partial charge in [0, 0.05) is 29.7 Å². The number of fused-ring (bicyclic) bond motifs is 4. The number of aliphatic hydroxyl groups is 11. The number of carboxylic acid groups (broad SMARTS) is 2. The molecule has 11 atom stereocenters. The van der Waals surface area contributed by atoms with Gasteiger partial charge >= 0.3 is 47.8 Å². The highest BCUT2D eigenvalue weighted by Crippen LogP contribution is 2.52. The second-order valence-electron chi connectivity index (χ2n) is 29.5. The summed E-state index contributed by atoms with van der Waals surface area (Å²) >= 11 is 0. The molecule has 654 valence electrons. The van der Waals surface area contributed by atoms with Crippen molar-refractivity contribution in [3.63, 3.8) is 0 Å². The maximum absolute atomic E-state index is 11.5. The van der Waals surface area contributed by atoms with E-state index in [1.54, 1.807) is 26.0 Å². The lowest BCUT2D eigenvalue weighted by Crippen LogP contribution is -2.41. The van der Waals surface area contributed by atoms with Crippen LogP contribution in [0.3, 0.4) is 0 Å². The van der Waals surface area contributed by atoms with Gasteiger partial charge in [-0.1, -0.05) is 53.5 Å². The fourth-order valence-electron chi connectivity index (χ4n) is 14.6. The molecule has 0 amide bonds. The van der Waals surface area contributed by atoms with Gasteiger partial charge in [-0.15, -0.1) is 0 Å². The Labute approximate surface area is 686 Å². The number of carbonyl (C=O) groups is 12. The molecule has 0 bridgehead atoms. The van der Waals surface area contributed by atoms with E-state index in [4.69, 9.17) is 39.4 Å². The second-order valence-corrected chi connectivity index (χ2v) is 29.5. The van der Waals surface area contributed by atoms with Crippen molar-refractivity contribution in [1.82, 2.24) is 0 Å². The zero-order chi connectivity index (χ0) is 90.0. The van der Waals surface area contributed by atoms with E-state index >= 15 is 0 Å². The van der Waals surface area contributed by atoms with E-state index in [1.807, 2.05) is 33.8 Å². The SMILES string of the molecule is CC(CCO)CC/C=C(/CO)C(=O)O.CC1(O)CCC2(O)C(C(=O)O)=COC=C12.COC(=O)C(C=O)C1=CC=C(C)C1C=O.COC(=O)C1=C(C)CC/C1=C/C=O.COC(=O)C1=C(C)CC=C1CC=O.COC(=O)C1=C2CCC(C)=C2C(O)OC1O.COC(=O)C1=COC(O)=C2C(C)(O)CCC12O.COC(=O)C1=COC=C2C(C)(O)CCC12O. The summed E-state index contributed by atoms with van der Waals surface area (Å²) in [5, 5.41) is 125. The molecule has 0 aromatic heterocycles. The van der Waals surface area contributed by atoms with Crippen LogP contribution in [0.5, 0.6) is 0 Å². The fourth-order valence-corrected chi connectivity index (χ4v) is 14.6. The third-order valence-electron chi connectivity index (χ3n) is 21.4. The van der Waals surface area contributed by atoms with Crippen molar-refractivity contribution in [2.24, 2.45) is 17.8 Å². The highest BCUT2D eigenvalue weighted by atomic mass is 16.7. The maximum atomic E-state index is 11.5. The minimum absolute atomic E-state index is 0.0327. The first-order valence-corrected chi connectivity index (χ1v) is 37.4. The molecule has 13 N–H and O–H groups in total. The molecule has 0 radical (unpaired) electrons. The van der Waals surface area contributed by atoms with Gasteiger partial charge < -0.3 is 128 Å². The summed E-state index contributed by atoms with van der Waals surface area (Å²) in [5.41, 5.74) is 0.0311. The molecule has 35 nitrogen and oxygen atoms in total. The van der Waals surface area contributed by atoms with Crippen molar-refractivity contribution in [2.45, 2.75) is 198 Å². The number of methoxy groups -OCH3 is 6. The summed E-state index contributed by atoms with van der Waals surface area (Å²) in [6.45, 7) is 13.7. The van der Waals surface area contributed by atoms with Crippen molar-refractivity contribution >= 4 is 72.9 Å². The van der Waals surface area contributed by atoms with Gasteiger partial charge in [-0.05, 0) is 173 Å². The smallest absolute Gasteiger partial charge is 0.340 e. The van der Waals surface area contributed by atoms with Crippen LogP contribution in [0.2, 0.25) is 0 Å². The van der Waals surface area contributed by atoms with Crippen molar-refractivity contribution in [1.29, 1.82) is 0 Å². The molecule has 4 aliphatic heterocycles. The number of ether oxygens (including phenoxy) is 10. The van der Waals surface area contributed by atoms with Crippen LogP contribution in [0.25, 0.3) is 0 Å². The van der Waals surface area contributed by atoms with Crippen molar-refractivity contribution in [3.05, 3.63) is 174 Å². The van der Waals surface area contributed by atoms with Gasteiger partial charge in [0.15, 0.2) is 12.6 Å². The summed E-state index contributed by atoms with van der Waals surface area (Å²) in [6.07, 6.45) is 21.7. The highest BCUT2D eigenvalue weighted by Gasteiger charge is 2.59. The van der Waals surface area contributed by atoms with E-state index < -0.39 is 106 Å². The number of carboxylic acids is 2. The number of esters is 6. The Morgan fingerprint density at radius 3 is 1.61 bits per heavy atom. The average Bonchev–Trinajstić information content (AvgIpc) is 1.60. The van der Waals surface area contributed by atoms with Gasteiger partial charge in [0.2, 0.25) is 0 Å². The zero-order valence-electron chi connectivity index (χ0n) is 68.8. The van der Waals surface area contributed by atoms with E-state index in [2.05, 4.69) is 28.4 Å². The Morgan fingerprint density at radius 2 is 1.11 bits per heavy atom. The predicted octanol–water partition coefficient (Wildman–Crippen LogP) is 4.98. The number of rotatable bonds is 20. The molecule has 119 heavy (non-hydrogen) atoms. The normalized spacial score (nSPS) is 27.2. The first-order chi connectivity index (χ1) is 55.8. The van der Waals surface area contributed by atoms with E-state index in [9.17, 15) is 103 Å². The standard InChI is InChI=1S/C11H14O6.2C11H14O5.C11H12O4.C10H12O5.C10H18O4.2C10H12O3/c1-10(14)3-4-11(15)6(8(12)16-2)5-17-9(13)7(10)11;1-10(13)3-4-11(14)7(9(12)15-2)5-16-6-8(10)11;1-5-3-4-6-7(5)10(13)16-11(14)8(6)9(12)15-2;1-7-3-4-8(9(7)5-12)10(6-13)11(14)15-2;1-9(13)2-3-10(14)6(8(11)12)4-15-5-7(9)10;1-8(5-6-11)3-2-4-9(7-12)10(13)14;2*1-7-3-4-8(5-6-11)9(7)10(12)13-2/h5,13-15H,3-4H2,1-2H3;5-6,13-14H,3-4H2,1-2H3;10-11,13-14H,3-4H2,1-2H3;3-6,9-10H,1-2H3;4-5,13-14H,2-3H2,1H3,(H,11,12);4,8,11-12H,2-3,5-7H2,1H3,(H,13,14);5-6H,3-4H2,1-2H3;4,6H,3,5H2,1-2H3/b;;;;;9-4-;8-5-;. The predicted molar refractivity (Wildman–Crippen MR) is 416 cm³/mol. The minimum Gasteiger partial charge on any atom is -0.481 e. The van der Waals surface area contributed by atoms with Crippen LogP contribution in [0.1, 0.15) is 152 Å². The number of carbonyl (C=O) groups excluding carboxylic acids is 10. The highest BCUT2D eigenvalue weighted by molar-refractivity contribution is 5.98. The summed E-state index contributed by atoms with van der Waals surface area (Å²) in [6, 6.07) is 0. The van der Waals surface area contributed by atoms with Gasteiger partial charge in [-0.25, -0.2) is 33.6 Å². The zero-order valence-corrected chi connectivity index (χ0v) is 68.8. The lowest BCUT2D eigenvalue weighted by molar-refractivity contribution is -0.185. The van der Waals surface area contributed by atoms with Gasteiger partial charge in [0.1, 0.15) is 83.4 Å². The number of allylic oxidation sites excluding steroid dienone is 9. The topological polar surface area (TPSA) is 560 Å². The molecule has 11 unspecified atom stereocenters. The Balaban J connectivity index is 0.000000286. The summed E-state index contributed by atoms with van der Waals surface area (Å²) in [7, 11) is 7.57. The molecule has 35 heteroatoms. The Kier molecular flexibility index (Phi) is 37.5. The first kappa shape index (κ1) is 101.